The van der Waals surface area contributed by atoms with Gasteiger partial charge in [-0.25, -0.2) is 9.13 Å². The third-order valence-electron chi connectivity index (χ3n) is 7.32. The maximum atomic E-state index is 5.89. The number of aromatic nitrogens is 2. The van der Waals surface area contributed by atoms with E-state index in [0.29, 0.717) is 0 Å². The molecule has 0 radical (unpaired) electrons. The van der Waals surface area contributed by atoms with Gasteiger partial charge >= 0.3 is 0 Å². The van der Waals surface area contributed by atoms with Crippen LogP contribution in [0.2, 0.25) is 0 Å². The molecule has 0 N–H and O–H groups in total. The van der Waals surface area contributed by atoms with Gasteiger partial charge in [0.1, 0.15) is 13.1 Å². The molecule has 214 valence electrons. The lowest BCUT2D eigenvalue weighted by Crippen LogP contribution is -2.32. The first-order chi connectivity index (χ1) is 18.8. The van der Waals surface area contributed by atoms with E-state index in [-0.39, 0.29) is 0 Å². The topological polar surface area (TPSA) is 26.2 Å². The van der Waals surface area contributed by atoms with Gasteiger partial charge in [0.2, 0.25) is 0 Å². The van der Waals surface area contributed by atoms with E-state index in [0.717, 1.165) is 52.4 Å². The van der Waals surface area contributed by atoms with Gasteiger partial charge in [0, 0.05) is 50.3 Å². The van der Waals surface area contributed by atoms with Crippen molar-refractivity contribution in [1.82, 2.24) is 0 Å². The summed E-state index contributed by atoms with van der Waals surface area (Å²) >= 11 is 0. The summed E-state index contributed by atoms with van der Waals surface area (Å²) in [5, 5.41) is 0. The SMILES string of the molecule is CCCCCCCC[n+]1ccc(COCCCCCCOCc2cc[n+](CCCCCCCC)cc2)cc1. The summed E-state index contributed by atoms with van der Waals surface area (Å²) in [6.07, 6.45) is 29.7. The van der Waals surface area contributed by atoms with E-state index in [2.05, 4.69) is 72.0 Å². The average molecular weight is 527 g/mol. The highest BCUT2D eigenvalue weighted by atomic mass is 16.5. The predicted molar refractivity (Wildman–Crippen MR) is 158 cm³/mol. The molecule has 0 aromatic carbocycles. The number of unbranched alkanes of at least 4 members (excludes halogenated alkanes) is 13. The van der Waals surface area contributed by atoms with Crippen molar-refractivity contribution in [2.24, 2.45) is 0 Å². The Kier molecular flexibility index (Phi) is 19.7. The first-order valence-electron chi connectivity index (χ1n) is 15.9. The molecule has 0 aliphatic rings. The van der Waals surface area contributed by atoms with Crippen molar-refractivity contribution < 1.29 is 18.6 Å². The number of ether oxygens (including phenoxy) is 2. The third kappa shape index (κ3) is 16.9. The molecule has 2 aromatic heterocycles. The van der Waals surface area contributed by atoms with E-state index in [4.69, 9.17) is 9.47 Å². The Morgan fingerprint density at radius 3 is 1.18 bits per heavy atom. The summed E-state index contributed by atoms with van der Waals surface area (Å²) in [4.78, 5) is 0. The van der Waals surface area contributed by atoms with Crippen LogP contribution in [0.3, 0.4) is 0 Å². The smallest absolute Gasteiger partial charge is 0.169 e. The minimum atomic E-state index is 0.719. The molecule has 38 heavy (non-hydrogen) atoms. The van der Waals surface area contributed by atoms with Gasteiger partial charge in [-0.3, -0.25) is 0 Å². The molecule has 0 atom stereocenters. The second-order valence-electron chi connectivity index (χ2n) is 10.9. The maximum absolute atomic E-state index is 5.89. The largest absolute Gasteiger partial charge is 0.377 e. The molecule has 0 aliphatic carbocycles. The minimum absolute atomic E-state index is 0.719. The number of hydrogen-bond donors (Lipinski definition) is 0. The van der Waals surface area contributed by atoms with Crippen molar-refractivity contribution in [2.45, 2.75) is 143 Å². The molecule has 0 aliphatic heterocycles. The Hall–Kier alpha value is -1.78. The molecule has 4 heteroatoms. The van der Waals surface area contributed by atoms with E-state index in [1.54, 1.807) is 0 Å². The normalized spacial score (nSPS) is 11.3. The summed E-state index contributed by atoms with van der Waals surface area (Å²) in [6.45, 7) is 9.93. The number of aryl methyl sites for hydroxylation is 2. The first kappa shape index (κ1) is 32.4. The Morgan fingerprint density at radius 1 is 0.447 bits per heavy atom. The number of pyridine rings is 2. The van der Waals surface area contributed by atoms with Gasteiger partial charge in [-0.05, 0) is 36.8 Å². The van der Waals surface area contributed by atoms with Gasteiger partial charge in [-0.15, -0.1) is 0 Å². The van der Waals surface area contributed by atoms with E-state index < -0.39 is 0 Å². The molecular weight excluding hydrogens is 468 g/mol. The lowest BCUT2D eigenvalue weighted by Gasteiger charge is -2.06. The van der Waals surface area contributed by atoms with Crippen LogP contribution in [0.25, 0.3) is 0 Å². The first-order valence-corrected chi connectivity index (χ1v) is 15.9. The van der Waals surface area contributed by atoms with Crippen LogP contribution in [0.4, 0.5) is 0 Å². The Balaban J connectivity index is 1.39. The third-order valence-corrected chi connectivity index (χ3v) is 7.32. The zero-order valence-corrected chi connectivity index (χ0v) is 24.9. The Morgan fingerprint density at radius 2 is 0.789 bits per heavy atom. The van der Waals surface area contributed by atoms with Crippen LogP contribution in [0.1, 0.15) is 128 Å². The van der Waals surface area contributed by atoms with Crippen LogP contribution in [-0.2, 0) is 35.8 Å². The van der Waals surface area contributed by atoms with E-state index in [1.165, 1.54) is 101 Å². The molecular formula is C34H58N2O2+2. The molecule has 0 spiro atoms. The monoisotopic (exact) mass is 526 g/mol. The van der Waals surface area contributed by atoms with Crippen LogP contribution >= 0.6 is 0 Å². The maximum Gasteiger partial charge on any atom is 0.169 e. The second kappa shape index (κ2) is 23.1. The molecule has 0 saturated carbocycles. The van der Waals surface area contributed by atoms with Crippen molar-refractivity contribution in [3.05, 3.63) is 60.2 Å². The van der Waals surface area contributed by atoms with E-state index >= 15 is 0 Å². The van der Waals surface area contributed by atoms with Gasteiger partial charge < -0.3 is 9.47 Å². The fourth-order valence-electron chi connectivity index (χ4n) is 4.76. The van der Waals surface area contributed by atoms with Crippen LogP contribution in [0.5, 0.6) is 0 Å². The van der Waals surface area contributed by atoms with Crippen molar-refractivity contribution in [3.8, 4) is 0 Å². The molecule has 0 amide bonds. The molecule has 2 aromatic rings. The quantitative estimate of drug-likeness (QED) is 0.0961. The van der Waals surface area contributed by atoms with Crippen molar-refractivity contribution in [3.63, 3.8) is 0 Å². The number of nitrogens with zero attached hydrogens (tertiary/aromatic N) is 2. The van der Waals surface area contributed by atoms with Gasteiger partial charge in [-0.1, -0.05) is 78.1 Å². The highest BCUT2D eigenvalue weighted by molar-refractivity contribution is 5.06. The number of rotatable bonds is 25. The van der Waals surface area contributed by atoms with Gasteiger partial charge in [0.15, 0.2) is 24.8 Å². The highest BCUT2D eigenvalue weighted by Crippen LogP contribution is 2.07. The van der Waals surface area contributed by atoms with E-state index in [9.17, 15) is 0 Å². The summed E-state index contributed by atoms with van der Waals surface area (Å²) in [6, 6.07) is 8.82. The standard InChI is InChI=1S/C34H58N2O2/c1-3-5-7-9-11-15-23-35-25-19-33(20-26-35)31-37-29-17-13-14-18-30-38-32-34-21-27-36(28-22-34)24-16-12-10-8-6-4-2/h19-22,25-28H,3-18,23-24,29-32H2,1-2H3/q+2. The summed E-state index contributed by atoms with van der Waals surface area (Å²) < 4.78 is 16.4. The molecule has 0 unspecified atom stereocenters. The van der Waals surface area contributed by atoms with Crippen LogP contribution in [0, 0.1) is 0 Å². The summed E-state index contributed by atoms with van der Waals surface area (Å²) in [7, 11) is 0. The second-order valence-corrected chi connectivity index (χ2v) is 10.9. The Bertz CT molecular complexity index is 709. The average Bonchev–Trinajstić information content (AvgIpc) is 2.95. The predicted octanol–water partition coefficient (Wildman–Crippen LogP) is 8.28. The molecule has 2 rings (SSSR count). The zero-order valence-electron chi connectivity index (χ0n) is 24.9. The molecule has 0 fully saturated rings. The van der Waals surface area contributed by atoms with Crippen LogP contribution in [-0.4, -0.2) is 13.2 Å². The molecule has 0 bridgehead atoms. The molecule has 2 heterocycles. The minimum Gasteiger partial charge on any atom is -0.377 e. The number of hydrogen-bond acceptors (Lipinski definition) is 2. The van der Waals surface area contributed by atoms with Gasteiger partial charge in [-0.2, -0.15) is 0 Å². The molecule has 0 saturated heterocycles. The lowest BCUT2D eigenvalue weighted by molar-refractivity contribution is -0.697. The summed E-state index contributed by atoms with van der Waals surface area (Å²) in [5.74, 6) is 0. The van der Waals surface area contributed by atoms with Gasteiger partial charge in [0.05, 0.1) is 13.2 Å². The highest BCUT2D eigenvalue weighted by Gasteiger charge is 2.03. The van der Waals surface area contributed by atoms with Crippen LogP contribution < -0.4 is 9.13 Å². The fraction of sp³-hybridized carbons (Fsp3) is 0.706. The lowest BCUT2D eigenvalue weighted by atomic mass is 10.1. The van der Waals surface area contributed by atoms with Crippen molar-refractivity contribution in [1.29, 1.82) is 0 Å². The molecule has 4 nitrogen and oxygen atoms in total. The summed E-state index contributed by atoms with van der Waals surface area (Å²) in [5.41, 5.74) is 2.54. The zero-order chi connectivity index (χ0) is 26.9. The van der Waals surface area contributed by atoms with Crippen molar-refractivity contribution >= 4 is 0 Å². The van der Waals surface area contributed by atoms with Crippen molar-refractivity contribution in [2.75, 3.05) is 13.2 Å². The van der Waals surface area contributed by atoms with Crippen LogP contribution in [0.15, 0.2) is 49.1 Å². The fourth-order valence-corrected chi connectivity index (χ4v) is 4.76. The Labute approximate surface area is 234 Å². The van der Waals surface area contributed by atoms with Gasteiger partial charge in [0.25, 0.3) is 0 Å². The van der Waals surface area contributed by atoms with E-state index in [1.807, 2.05) is 0 Å².